The number of rotatable bonds is 4. The predicted octanol–water partition coefficient (Wildman–Crippen LogP) is 2.31. The average Bonchev–Trinajstić information content (AvgIpc) is 2.73. The van der Waals surface area contributed by atoms with Crippen molar-refractivity contribution in [1.82, 2.24) is 5.16 Å². The summed E-state index contributed by atoms with van der Waals surface area (Å²) in [6, 6.07) is 6.43. The SMILES string of the molecule is Cc1cc(COc2ccc(Cl)cc2C(N)=O)no1. The van der Waals surface area contributed by atoms with E-state index in [1.54, 1.807) is 25.1 Å². The Morgan fingerprint density at radius 1 is 1.50 bits per heavy atom. The smallest absolute Gasteiger partial charge is 0.252 e. The van der Waals surface area contributed by atoms with Gasteiger partial charge in [-0.1, -0.05) is 16.8 Å². The number of amides is 1. The summed E-state index contributed by atoms with van der Waals surface area (Å²) in [6.07, 6.45) is 0. The molecule has 1 amide bonds. The molecule has 0 unspecified atom stereocenters. The lowest BCUT2D eigenvalue weighted by atomic mass is 10.2. The van der Waals surface area contributed by atoms with Gasteiger partial charge in [0.1, 0.15) is 23.8 Å². The second-order valence-corrected chi connectivity index (χ2v) is 4.16. The Morgan fingerprint density at radius 2 is 2.28 bits per heavy atom. The van der Waals surface area contributed by atoms with Gasteiger partial charge in [-0.3, -0.25) is 4.79 Å². The summed E-state index contributed by atoms with van der Waals surface area (Å²) in [5.41, 5.74) is 6.12. The van der Waals surface area contributed by atoms with Crippen LogP contribution in [0.25, 0.3) is 0 Å². The minimum absolute atomic E-state index is 0.194. The van der Waals surface area contributed by atoms with Gasteiger partial charge in [0.05, 0.1) is 5.56 Å². The highest BCUT2D eigenvalue weighted by molar-refractivity contribution is 6.31. The molecule has 0 fully saturated rings. The molecule has 0 bridgehead atoms. The Kier molecular flexibility index (Phi) is 3.53. The van der Waals surface area contributed by atoms with Gasteiger partial charge in [0.2, 0.25) is 0 Å². The Labute approximate surface area is 108 Å². The molecule has 1 heterocycles. The lowest BCUT2D eigenvalue weighted by Gasteiger charge is -2.08. The lowest BCUT2D eigenvalue weighted by Crippen LogP contribution is -2.13. The molecular formula is C12H11ClN2O3. The fourth-order valence-electron chi connectivity index (χ4n) is 1.46. The van der Waals surface area contributed by atoms with E-state index in [1.807, 2.05) is 0 Å². The van der Waals surface area contributed by atoms with Gasteiger partial charge < -0.3 is 15.0 Å². The minimum atomic E-state index is -0.594. The zero-order chi connectivity index (χ0) is 13.1. The van der Waals surface area contributed by atoms with Crippen molar-refractivity contribution < 1.29 is 14.1 Å². The first-order valence-corrected chi connectivity index (χ1v) is 5.58. The number of carbonyl (C=O) groups is 1. The summed E-state index contributed by atoms with van der Waals surface area (Å²) in [7, 11) is 0. The molecule has 0 spiro atoms. The molecule has 0 aliphatic carbocycles. The van der Waals surface area contributed by atoms with Crippen molar-refractivity contribution >= 4 is 17.5 Å². The van der Waals surface area contributed by atoms with Crippen molar-refractivity contribution in [3.8, 4) is 5.75 Å². The quantitative estimate of drug-likeness (QED) is 0.921. The number of ether oxygens (including phenoxy) is 1. The average molecular weight is 267 g/mol. The topological polar surface area (TPSA) is 78.4 Å². The number of halogens is 1. The molecule has 0 saturated heterocycles. The fourth-order valence-corrected chi connectivity index (χ4v) is 1.63. The van der Waals surface area contributed by atoms with Crippen LogP contribution in [0.2, 0.25) is 5.02 Å². The van der Waals surface area contributed by atoms with Crippen molar-refractivity contribution in [1.29, 1.82) is 0 Å². The summed E-state index contributed by atoms with van der Waals surface area (Å²) < 4.78 is 10.4. The van der Waals surface area contributed by atoms with E-state index >= 15 is 0 Å². The number of aryl methyl sites for hydroxylation is 1. The maximum Gasteiger partial charge on any atom is 0.252 e. The molecule has 2 aromatic rings. The van der Waals surface area contributed by atoms with Crippen molar-refractivity contribution in [2.75, 3.05) is 0 Å². The molecule has 6 heteroatoms. The van der Waals surface area contributed by atoms with Crippen LogP contribution < -0.4 is 10.5 Å². The van der Waals surface area contributed by atoms with Gasteiger partial charge in [0.25, 0.3) is 5.91 Å². The van der Waals surface area contributed by atoms with E-state index in [2.05, 4.69) is 5.16 Å². The van der Waals surface area contributed by atoms with Gasteiger partial charge in [0, 0.05) is 11.1 Å². The molecule has 18 heavy (non-hydrogen) atoms. The van der Waals surface area contributed by atoms with E-state index < -0.39 is 5.91 Å². The Morgan fingerprint density at radius 3 is 2.89 bits per heavy atom. The largest absolute Gasteiger partial charge is 0.486 e. The van der Waals surface area contributed by atoms with Crippen LogP contribution in [0.1, 0.15) is 21.8 Å². The van der Waals surface area contributed by atoms with Gasteiger partial charge in [-0.05, 0) is 25.1 Å². The van der Waals surface area contributed by atoms with Crippen LogP contribution in [-0.2, 0) is 6.61 Å². The maximum atomic E-state index is 11.2. The van der Waals surface area contributed by atoms with Crippen LogP contribution in [0.15, 0.2) is 28.8 Å². The lowest BCUT2D eigenvalue weighted by molar-refractivity contribution is 0.0996. The Balaban J connectivity index is 2.16. The third-order valence-electron chi connectivity index (χ3n) is 2.26. The number of hydrogen-bond acceptors (Lipinski definition) is 4. The van der Waals surface area contributed by atoms with Crippen molar-refractivity contribution in [3.05, 3.63) is 46.3 Å². The van der Waals surface area contributed by atoms with Crippen LogP contribution >= 0.6 is 11.6 Å². The molecule has 1 aromatic heterocycles. The number of primary amides is 1. The number of nitrogens with zero attached hydrogens (tertiary/aromatic N) is 1. The first-order chi connectivity index (χ1) is 8.56. The van der Waals surface area contributed by atoms with Crippen LogP contribution in [-0.4, -0.2) is 11.1 Å². The van der Waals surface area contributed by atoms with E-state index in [0.717, 1.165) is 0 Å². The number of hydrogen-bond donors (Lipinski definition) is 1. The van der Waals surface area contributed by atoms with Crippen LogP contribution in [0.4, 0.5) is 0 Å². The standard InChI is InChI=1S/C12H11ClN2O3/c1-7-4-9(15-18-7)6-17-11-3-2-8(13)5-10(11)12(14)16/h2-5H,6H2,1H3,(H2,14,16). The number of nitrogens with two attached hydrogens (primary N) is 1. The first-order valence-electron chi connectivity index (χ1n) is 5.20. The highest BCUT2D eigenvalue weighted by atomic mass is 35.5. The highest BCUT2D eigenvalue weighted by Gasteiger charge is 2.11. The summed E-state index contributed by atoms with van der Waals surface area (Å²) in [6.45, 7) is 1.98. The maximum absolute atomic E-state index is 11.2. The summed E-state index contributed by atoms with van der Waals surface area (Å²) >= 11 is 5.79. The minimum Gasteiger partial charge on any atom is -0.486 e. The molecular weight excluding hydrogens is 256 g/mol. The molecule has 94 valence electrons. The second kappa shape index (κ2) is 5.10. The van der Waals surface area contributed by atoms with Gasteiger partial charge in [-0.2, -0.15) is 0 Å². The molecule has 2 N–H and O–H groups in total. The molecule has 0 atom stereocenters. The number of aromatic nitrogens is 1. The molecule has 0 radical (unpaired) electrons. The zero-order valence-corrected chi connectivity index (χ0v) is 10.4. The van der Waals surface area contributed by atoms with Gasteiger partial charge in [-0.15, -0.1) is 0 Å². The highest BCUT2D eigenvalue weighted by Crippen LogP contribution is 2.23. The molecule has 0 aliphatic rings. The summed E-state index contributed by atoms with van der Waals surface area (Å²) in [5, 5.41) is 4.21. The summed E-state index contributed by atoms with van der Waals surface area (Å²) in [5.74, 6) is 0.469. The predicted molar refractivity (Wildman–Crippen MR) is 65.5 cm³/mol. The third kappa shape index (κ3) is 2.81. The molecule has 0 saturated carbocycles. The van der Waals surface area contributed by atoms with E-state index in [1.165, 1.54) is 6.07 Å². The number of carbonyl (C=O) groups excluding carboxylic acids is 1. The van der Waals surface area contributed by atoms with E-state index in [9.17, 15) is 4.79 Å². The third-order valence-corrected chi connectivity index (χ3v) is 2.49. The van der Waals surface area contributed by atoms with Crippen LogP contribution in [0.5, 0.6) is 5.75 Å². The molecule has 2 rings (SSSR count). The summed E-state index contributed by atoms with van der Waals surface area (Å²) in [4.78, 5) is 11.2. The van der Waals surface area contributed by atoms with Gasteiger partial charge in [-0.25, -0.2) is 0 Å². The fraction of sp³-hybridized carbons (Fsp3) is 0.167. The van der Waals surface area contributed by atoms with E-state index in [4.69, 9.17) is 26.6 Å². The van der Waals surface area contributed by atoms with Crippen molar-refractivity contribution in [3.63, 3.8) is 0 Å². The normalized spacial score (nSPS) is 10.3. The second-order valence-electron chi connectivity index (χ2n) is 3.72. The van der Waals surface area contributed by atoms with Crippen molar-refractivity contribution in [2.45, 2.75) is 13.5 Å². The monoisotopic (exact) mass is 266 g/mol. The first kappa shape index (κ1) is 12.4. The van der Waals surface area contributed by atoms with Crippen LogP contribution in [0, 0.1) is 6.92 Å². The van der Waals surface area contributed by atoms with Gasteiger partial charge >= 0.3 is 0 Å². The Hall–Kier alpha value is -2.01. The van der Waals surface area contributed by atoms with Gasteiger partial charge in [0.15, 0.2) is 0 Å². The zero-order valence-electron chi connectivity index (χ0n) is 9.64. The molecule has 5 nitrogen and oxygen atoms in total. The Bertz CT molecular complexity index is 580. The molecule has 0 aliphatic heterocycles. The number of benzene rings is 1. The molecule has 1 aromatic carbocycles. The van der Waals surface area contributed by atoms with E-state index in [0.29, 0.717) is 22.2 Å². The van der Waals surface area contributed by atoms with Crippen LogP contribution in [0.3, 0.4) is 0 Å². The van der Waals surface area contributed by atoms with Crippen molar-refractivity contribution in [2.24, 2.45) is 5.73 Å². The van der Waals surface area contributed by atoms with E-state index in [-0.39, 0.29) is 12.2 Å².